The first-order valence-electron chi connectivity index (χ1n) is 6.20. The molecule has 1 aliphatic carbocycles. The van der Waals surface area contributed by atoms with E-state index in [2.05, 4.69) is 36.6 Å². The summed E-state index contributed by atoms with van der Waals surface area (Å²) in [4.78, 5) is 16.3. The van der Waals surface area contributed by atoms with E-state index in [4.69, 9.17) is 0 Å². The van der Waals surface area contributed by atoms with Crippen LogP contribution in [-0.2, 0) is 4.79 Å². The number of fused-ring (bicyclic) bond motifs is 1. The number of carbonyl (C=O) groups excluding carboxylic acids is 1. The van der Waals surface area contributed by atoms with Crippen LogP contribution >= 0.6 is 15.9 Å². The molecule has 100 valence electrons. The maximum absolute atomic E-state index is 11.9. The van der Waals surface area contributed by atoms with Crippen molar-refractivity contribution in [2.24, 2.45) is 0 Å². The van der Waals surface area contributed by atoms with Gasteiger partial charge < -0.3 is 10.6 Å². The third-order valence-corrected chi connectivity index (χ3v) is 3.57. The van der Waals surface area contributed by atoms with Crippen LogP contribution in [0.4, 0.5) is 5.82 Å². The third-order valence-electron chi connectivity index (χ3n) is 3.01. The first-order chi connectivity index (χ1) is 9.13. The lowest BCUT2D eigenvalue weighted by Gasteiger charge is -2.14. The molecule has 1 amide bonds. The van der Waals surface area contributed by atoms with E-state index in [9.17, 15) is 4.79 Å². The molecule has 6 nitrogen and oxygen atoms in total. The zero-order valence-corrected chi connectivity index (χ0v) is 12.0. The van der Waals surface area contributed by atoms with Crippen molar-refractivity contribution in [1.82, 2.24) is 19.9 Å². The molecule has 2 aromatic rings. The van der Waals surface area contributed by atoms with Gasteiger partial charge in [-0.15, -0.1) is 0 Å². The zero-order valence-electron chi connectivity index (χ0n) is 10.4. The van der Waals surface area contributed by atoms with E-state index in [0.717, 1.165) is 23.0 Å². The van der Waals surface area contributed by atoms with Gasteiger partial charge in [0.15, 0.2) is 5.65 Å². The molecule has 0 bridgehead atoms. The number of anilines is 1. The summed E-state index contributed by atoms with van der Waals surface area (Å²) in [5, 5.41) is 10.2. The quantitative estimate of drug-likeness (QED) is 0.896. The van der Waals surface area contributed by atoms with Gasteiger partial charge in [0.2, 0.25) is 5.91 Å². The van der Waals surface area contributed by atoms with Crippen molar-refractivity contribution in [2.45, 2.75) is 31.8 Å². The van der Waals surface area contributed by atoms with Crippen molar-refractivity contribution in [3.63, 3.8) is 0 Å². The zero-order chi connectivity index (χ0) is 13.4. The molecular weight excluding hydrogens is 310 g/mol. The fraction of sp³-hybridized carbons (Fsp3) is 0.417. The van der Waals surface area contributed by atoms with Crippen molar-refractivity contribution in [3.8, 4) is 0 Å². The van der Waals surface area contributed by atoms with Crippen LogP contribution in [-0.4, -0.2) is 32.6 Å². The van der Waals surface area contributed by atoms with E-state index in [1.54, 1.807) is 23.0 Å². The minimum absolute atomic E-state index is 0.0109. The van der Waals surface area contributed by atoms with Crippen LogP contribution in [0.3, 0.4) is 0 Å². The summed E-state index contributed by atoms with van der Waals surface area (Å²) in [5.41, 5.74) is 0.722. The highest BCUT2D eigenvalue weighted by molar-refractivity contribution is 9.10. The molecule has 2 N–H and O–H groups in total. The SMILES string of the molecule is CC(Nc1ccn2ncc(Br)c2n1)C(=O)NC1CC1. The fourth-order valence-electron chi connectivity index (χ4n) is 1.76. The molecule has 0 radical (unpaired) electrons. The average molecular weight is 324 g/mol. The summed E-state index contributed by atoms with van der Waals surface area (Å²) < 4.78 is 2.50. The summed E-state index contributed by atoms with van der Waals surface area (Å²) in [6, 6.07) is 1.86. The molecule has 0 saturated heterocycles. The van der Waals surface area contributed by atoms with Crippen molar-refractivity contribution < 1.29 is 4.79 Å². The van der Waals surface area contributed by atoms with Crippen LogP contribution in [0.5, 0.6) is 0 Å². The Balaban J connectivity index is 1.72. The molecule has 1 unspecified atom stereocenters. The number of hydrogen-bond acceptors (Lipinski definition) is 4. The van der Waals surface area contributed by atoms with Gasteiger partial charge in [-0.2, -0.15) is 5.10 Å². The monoisotopic (exact) mass is 323 g/mol. The van der Waals surface area contributed by atoms with Gasteiger partial charge in [0, 0.05) is 12.2 Å². The minimum atomic E-state index is -0.308. The van der Waals surface area contributed by atoms with Gasteiger partial charge in [0.25, 0.3) is 0 Å². The highest BCUT2D eigenvalue weighted by Crippen LogP contribution is 2.19. The van der Waals surface area contributed by atoms with Gasteiger partial charge in [-0.25, -0.2) is 9.50 Å². The molecular formula is C12H14BrN5O. The Kier molecular flexibility index (Phi) is 3.14. The second kappa shape index (κ2) is 4.80. The Labute approximate surface area is 118 Å². The smallest absolute Gasteiger partial charge is 0.242 e. The highest BCUT2D eigenvalue weighted by Gasteiger charge is 2.25. The van der Waals surface area contributed by atoms with Crippen molar-refractivity contribution in [2.75, 3.05) is 5.32 Å². The van der Waals surface area contributed by atoms with Gasteiger partial charge >= 0.3 is 0 Å². The highest BCUT2D eigenvalue weighted by atomic mass is 79.9. The Hall–Kier alpha value is -1.63. The Morgan fingerprint density at radius 2 is 2.37 bits per heavy atom. The van der Waals surface area contributed by atoms with E-state index in [1.807, 2.05) is 6.92 Å². The molecule has 2 heterocycles. The average Bonchev–Trinajstić information content (AvgIpc) is 3.13. The molecule has 3 rings (SSSR count). The van der Waals surface area contributed by atoms with E-state index < -0.39 is 0 Å². The summed E-state index contributed by atoms with van der Waals surface area (Å²) in [6.07, 6.45) is 5.67. The van der Waals surface area contributed by atoms with Crippen LogP contribution in [0.1, 0.15) is 19.8 Å². The van der Waals surface area contributed by atoms with Gasteiger partial charge in [0.1, 0.15) is 11.9 Å². The normalized spacial score (nSPS) is 16.3. The standard InChI is InChI=1S/C12H14BrN5O/c1-7(12(19)16-8-2-3-8)15-10-4-5-18-11(17-10)9(13)6-14-18/h4-8H,2-3H2,1H3,(H,15,17)(H,16,19). The number of hydrogen-bond donors (Lipinski definition) is 2. The first-order valence-corrected chi connectivity index (χ1v) is 6.99. The second-order valence-corrected chi connectivity index (χ2v) is 5.58. The predicted octanol–water partition coefficient (Wildman–Crippen LogP) is 1.57. The summed E-state index contributed by atoms with van der Waals surface area (Å²) >= 11 is 3.38. The fourth-order valence-corrected chi connectivity index (χ4v) is 2.12. The van der Waals surface area contributed by atoms with Crippen molar-refractivity contribution in [3.05, 3.63) is 22.9 Å². The number of rotatable bonds is 4. The number of nitrogens with one attached hydrogen (secondary N) is 2. The maximum Gasteiger partial charge on any atom is 0.242 e. The van der Waals surface area contributed by atoms with E-state index in [-0.39, 0.29) is 11.9 Å². The Morgan fingerprint density at radius 3 is 3.11 bits per heavy atom. The molecule has 1 aliphatic rings. The lowest BCUT2D eigenvalue weighted by molar-refractivity contribution is -0.121. The number of halogens is 1. The lowest BCUT2D eigenvalue weighted by atomic mass is 10.3. The van der Waals surface area contributed by atoms with Crippen LogP contribution in [0.15, 0.2) is 22.9 Å². The molecule has 1 saturated carbocycles. The lowest BCUT2D eigenvalue weighted by Crippen LogP contribution is -2.38. The largest absolute Gasteiger partial charge is 0.359 e. The number of amides is 1. The van der Waals surface area contributed by atoms with Gasteiger partial charge in [-0.1, -0.05) is 0 Å². The van der Waals surface area contributed by atoms with Crippen molar-refractivity contribution in [1.29, 1.82) is 0 Å². The predicted molar refractivity (Wildman–Crippen MR) is 74.9 cm³/mol. The molecule has 1 fully saturated rings. The number of aromatic nitrogens is 3. The molecule has 0 aromatic carbocycles. The first kappa shape index (κ1) is 12.4. The van der Waals surface area contributed by atoms with Gasteiger partial charge in [-0.05, 0) is 41.8 Å². The topological polar surface area (TPSA) is 71.3 Å². The van der Waals surface area contributed by atoms with E-state index in [0.29, 0.717) is 11.9 Å². The molecule has 1 atom stereocenters. The third kappa shape index (κ3) is 2.70. The maximum atomic E-state index is 11.9. The molecule has 2 aromatic heterocycles. The number of nitrogens with zero attached hydrogens (tertiary/aromatic N) is 3. The molecule has 0 aliphatic heterocycles. The van der Waals surface area contributed by atoms with Crippen LogP contribution in [0.2, 0.25) is 0 Å². The summed E-state index contributed by atoms with van der Waals surface area (Å²) in [7, 11) is 0. The van der Waals surface area contributed by atoms with Gasteiger partial charge in [-0.3, -0.25) is 4.79 Å². The Morgan fingerprint density at radius 1 is 1.58 bits per heavy atom. The Bertz CT molecular complexity index is 622. The summed E-state index contributed by atoms with van der Waals surface area (Å²) in [6.45, 7) is 1.83. The van der Waals surface area contributed by atoms with Crippen LogP contribution < -0.4 is 10.6 Å². The number of carbonyl (C=O) groups is 1. The van der Waals surface area contributed by atoms with Gasteiger partial charge in [0.05, 0.1) is 10.7 Å². The van der Waals surface area contributed by atoms with E-state index in [1.165, 1.54) is 0 Å². The molecule has 7 heteroatoms. The van der Waals surface area contributed by atoms with Crippen LogP contribution in [0, 0.1) is 0 Å². The summed E-state index contributed by atoms with van der Waals surface area (Å²) in [5.74, 6) is 0.670. The van der Waals surface area contributed by atoms with E-state index >= 15 is 0 Å². The molecule has 0 spiro atoms. The minimum Gasteiger partial charge on any atom is -0.359 e. The second-order valence-electron chi connectivity index (χ2n) is 4.72. The van der Waals surface area contributed by atoms with Crippen LogP contribution in [0.25, 0.3) is 5.65 Å². The molecule has 19 heavy (non-hydrogen) atoms. The van der Waals surface area contributed by atoms with Crippen molar-refractivity contribution >= 4 is 33.3 Å².